The van der Waals surface area contributed by atoms with Crippen LogP contribution in [0.3, 0.4) is 0 Å². The Hall–Kier alpha value is -0.393. The second kappa shape index (κ2) is 6.52. The maximum Gasteiger partial charge on any atom is 0.168 e. The standard InChI is InChI=1S/C11H22ClN3OSi/c1-5-10(12)11-13-8-15(14-11)9-16-6-7-17(2,3)4/h8,10H,5-7,9H2,1-4H3. The summed E-state index contributed by atoms with van der Waals surface area (Å²) in [5.74, 6) is 0.683. The van der Waals surface area contributed by atoms with Gasteiger partial charge in [-0.15, -0.1) is 11.6 Å². The SMILES string of the molecule is CCC(Cl)c1ncn(COCC[Si](C)(C)C)n1. The number of hydrogen-bond donors (Lipinski definition) is 0. The molecule has 4 nitrogen and oxygen atoms in total. The van der Waals surface area contributed by atoms with Crippen molar-refractivity contribution in [2.75, 3.05) is 6.61 Å². The minimum absolute atomic E-state index is 0.0989. The first-order chi connectivity index (χ1) is 7.92. The van der Waals surface area contributed by atoms with E-state index in [9.17, 15) is 0 Å². The van der Waals surface area contributed by atoms with Gasteiger partial charge in [-0.1, -0.05) is 26.6 Å². The van der Waals surface area contributed by atoms with Gasteiger partial charge in [-0.3, -0.25) is 0 Å². The Labute approximate surface area is 109 Å². The van der Waals surface area contributed by atoms with Gasteiger partial charge in [-0.2, -0.15) is 5.10 Å². The molecule has 6 heteroatoms. The van der Waals surface area contributed by atoms with Crippen LogP contribution in [0, 0.1) is 0 Å². The van der Waals surface area contributed by atoms with E-state index in [1.54, 1.807) is 11.0 Å². The average Bonchev–Trinajstić information content (AvgIpc) is 2.70. The molecule has 0 amide bonds. The Balaban J connectivity index is 2.30. The molecule has 1 atom stereocenters. The van der Waals surface area contributed by atoms with E-state index in [1.165, 1.54) is 6.04 Å². The summed E-state index contributed by atoms with van der Waals surface area (Å²) >= 11 is 6.05. The summed E-state index contributed by atoms with van der Waals surface area (Å²) in [5.41, 5.74) is 0. The lowest BCUT2D eigenvalue weighted by molar-refractivity contribution is 0.0781. The fraction of sp³-hybridized carbons (Fsp3) is 0.818. The number of aromatic nitrogens is 3. The molecule has 0 aromatic carbocycles. The van der Waals surface area contributed by atoms with Gasteiger partial charge in [0.1, 0.15) is 13.1 Å². The molecule has 0 fully saturated rings. The molecule has 0 N–H and O–H groups in total. The highest BCUT2D eigenvalue weighted by Crippen LogP contribution is 2.19. The number of rotatable bonds is 7. The Morgan fingerprint density at radius 1 is 1.47 bits per heavy atom. The summed E-state index contributed by atoms with van der Waals surface area (Å²) in [6.45, 7) is 10.3. The van der Waals surface area contributed by atoms with Crippen LogP contribution >= 0.6 is 11.6 Å². The van der Waals surface area contributed by atoms with Gasteiger partial charge in [0.25, 0.3) is 0 Å². The van der Waals surface area contributed by atoms with Crippen molar-refractivity contribution in [3.63, 3.8) is 0 Å². The first kappa shape index (κ1) is 14.7. The van der Waals surface area contributed by atoms with Crippen molar-refractivity contribution in [3.8, 4) is 0 Å². The van der Waals surface area contributed by atoms with Crippen LogP contribution < -0.4 is 0 Å². The fourth-order valence-electron chi connectivity index (χ4n) is 1.23. The van der Waals surface area contributed by atoms with Crippen LogP contribution in [0.1, 0.15) is 24.5 Å². The molecule has 1 heterocycles. The van der Waals surface area contributed by atoms with Gasteiger partial charge in [0.2, 0.25) is 0 Å². The summed E-state index contributed by atoms with van der Waals surface area (Å²) < 4.78 is 7.27. The first-order valence-corrected chi connectivity index (χ1v) is 10.2. The van der Waals surface area contributed by atoms with Crippen LogP contribution in [-0.2, 0) is 11.5 Å². The van der Waals surface area contributed by atoms with E-state index >= 15 is 0 Å². The van der Waals surface area contributed by atoms with Crippen LogP contribution in [-0.4, -0.2) is 29.4 Å². The molecule has 0 aliphatic heterocycles. The molecule has 17 heavy (non-hydrogen) atoms. The van der Waals surface area contributed by atoms with Gasteiger partial charge in [0.15, 0.2) is 5.82 Å². The largest absolute Gasteiger partial charge is 0.359 e. The minimum Gasteiger partial charge on any atom is -0.359 e. The third kappa shape index (κ3) is 5.65. The molecule has 1 aromatic heterocycles. The van der Waals surface area contributed by atoms with E-state index in [0.29, 0.717) is 12.6 Å². The maximum absolute atomic E-state index is 6.05. The molecule has 0 saturated carbocycles. The molecule has 0 radical (unpaired) electrons. The predicted molar refractivity (Wildman–Crippen MR) is 73.0 cm³/mol. The number of ether oxygens (including phenoxy) is 1. The number of alkyl halides is 1. The van der Waals surface area contributed by atoms with E-state index in [-0.39, 0.29) is 5.38 Å². The Kier molecular flexibility index (Phi) is 5.62. The summed E-state index contributed by atoms with van der Waals surface area (Å²) in [6.07, 6.45) is 2.51. The normalized spacial score (nSPS) is 13.9. The highest BCUT2D eigenvalue weighted by molar-refractivity contribution is 6.76. The van der Waals surface area contributed by atoms with Crippen molar-refractivity contribution in [1.82, 2.24) is 14.8 Å². The number of nitrogens with zero attached hydrogens (tertiary/aromatic N) is 3. The smallest absolute Gasteiger partial charge is 0.168 e. The van der Waals surface area contributed by atoms with E-state index in [1.807, 2.05) is 6.92 Å². The monoisotopic (exact) mass is 275 g/mol. The van der Waals surface area contributed by atoms with Gasteiger partial charge < -0.3 is 4.74 Å². The number of hydrogen-bond acceptors (Lipinski definition) is 3. The van der Waals surface area contributed by atoms with E-state index in [2.05, 4.69) is 29.7 Å². The average molecular weight is 276 g/mol. The highest BCUT2D eigenvalue weighted by Gasteiger charge is 2.13. The van der Waals surface area contributed by atoms with Gasteiger partial charge in [0.05, 0.1) is 5.38 Å². The molecule has 98 valence electrons. The Morgan fingerprint density at radius 2 is 2.18 bits per heavy atom. The lowest BCUT2D eigenvalue weighted by Crippen LogP contribution is -2.22. The van der Waals surface area contributed by atoms with E-state index in [4.69, 9.17) is 16.3 Å². The predicted octanol–water partition coefficient (Wildman–Crippen LogP) is 3.28. The zero-order chi connectivity index (χ0) is 12.9. The van der Waals surface area contributed by atoms with Crippen molar-refractivity contribution >= 4 is 19.7 Å². The zero-order valence-corrected chi connectivity index (χ0v) is 12.9. The van der Waals surface area contributed by atoms with Crippen molar-refractivity contribution < 1.29 is 4.74 Å². The molecule has 1 rings (SSSR count). The second-order valence-electron chi connectivity index (χ2n) is 5.37. The summed E-state index contributed by atoms with van der Waals surface area (Å²) in [6, 6.07) is 1.17. The Bertz CT molecular complexity index is 338. The number of halogens is 1. The van der Waals surface area contributed by atoms with Crippen LogP contribution in [0.25, 0.3) is 0 Å². The molecule has 0 spiro atoms. The van der Waals surface area contributed by atoms with Crippen molar-refractivity contribution in [3.05, 3.63) is 12.2 Å². The molecule has 0 saturated heterocycles. The lowest BCUT2D eigenvalue weighted by atomic mass is 10.3. The molecular weight excluding hydrogens is 254 g/mol. The van der Waals surface area contributed by atoms with Crippen LogP contribution in [0.4, 0.5) is 0 Å². The van der Waals surface area contributed by atoms with Gasteiger partial charge in [-0.05, 0) is 12.5 Å². The fourth-order valence-corrected chi connectivity index (χ4v) is 2.09. The molecule has 0 aliphatic rings. The third-order valence-electron chi connectivity index (χ3n) is 2.41. The minimum atomic E-state index is -1.01. The van der Waals surface area contributed by atoms with Gasteiger partial charge in [0, 0.05) is 14.7 Å². The first-order valence-electron chi connectivity index (χ1n) is 6.03. The molecule has 1 aromatic rings. The molecule has 0 aliphatic carbocycles. The zero-order valence-electron chi connectivity index (χ0n) is 11.1. The van der Waals surface area contributed by atoms with E-state index < -0.39 is 8.07 Å². The highest BCUT2D eigenvalue weighted by atomic mass is 35.5. The van der Waals surface area contributed by atoms with Crippen LogP contribution in [0.15, 0.2) is 6.33 Å². The topological polar surface area (TPSA) is 39.9 Å². The Morgan fingerprint density at radius 3 is 2.76 bits per heavy atom. The molecule has 0 bridgehead atoms. The van der Waals surface area contributed by atoms with Crippen LogP contribution in [0.5, 0.6) is 0 Å². The summed E-state index contributed by atoms with van der Waals surface area (Å²) in [4.78, 5) is 4.16. The maximum atomic E-state index is 6.05. The van der Waals surface area contributed by atoms with Gasteiger partial charge >= 0.3 is 0 Å². The summed E-state index contributed by atoms with van der Waals surface area (Å²) in [7, 11) is -1.01. The van der Waals surface area contributed by atoms with Crippen molar-refractivity contribution in [2.24, 2.45) is 0 Å². The van der Waals surface area contributed by atoms with Crippen molar-refractivity contribution in [2.45, 2.75) is 51.1 Å². The summed E-state index contributed by atoms with van der Waals surface area (Å²) in [5, 5.41) is 4.18. The lowest BCUT2D eigenvalue weighted by Gasteiger charge is -2.15. The van der Waals surface area contributed by atoms with Gasteiger partial charge in [-0.25, -0.2) is 9.67 Å². The third-order valence-corrected chi connectivity index (χ3v) is 4.62. The van der Waals surface area contributed by atoms with Crippen LogP contribution in [0.2, 0.25) is 25.7 Å². The molecule has 1 unspecified atom stereocenters. The quantitative estimate of drug-likeness (QED) is 0.436. The van der Waals surface area contributed by atoms with Crippen molar-refractivity contribution in [1.29, 1.82) is 0 Å². The second-order valence-corrected chi connectivity index (χ2v) is 11.5. The van der Waals surface area contributed by atoms with E-state index in [0.717, 1.165) is 13.0 Å². The molecular formula is C11H22ClN3OSi.